The number of aliphatic hydroxyl groups is 1. The van der Waals surface area contributed by atoms with Crippen LogP contribution < -0.4 is 9.47 Å². The van der Waals surface area contributed by atoms with Crippen LogP contribution in [0.5, 0.6) is 11.8 Å². The van der Waals surface area contributed by atoms with Gasteiger partial charge in [-0.1, -0.05) is 59.6 Å². The summed E-state index contributed by atoms with van der Waals surface area (Å²) in [5.41, 5.74) is 7.39. The minimum absolute atomic E-state index is 0.0901. The van der Waals surface area contributed by atoms with Crippen molar-refractivity contribution in [3.05, 3.63) is 75.5 Å². The van der Waals surface area contributed by atoms with Crippen LogP contribution in [0.25, 0.3) is 33.6 Å². The molecule has 0 bridgehead atoms. The zero-order valence-electron chi connectivity index (χ0n) is 27.4. The van der Waals surface area contributed by atoms with Gasteiger partial charge in [-0.2, -0.15) is 0 Å². The fourth-order valence-corrected chi connectivity index (χ4v) is 8.07. The number of nitrogens with zero attached hydrogens (tertiary/aromatic N) is 5. The van der Waals surface area contributed by atoms with Gasteiger partial charge in [0.15, 0.2) is 0 Å². The number of hydrogen-bond donors (Lipinski definition) is 1. The van der Waals surface area contributed by atoms with Gasteiger partial charge < -0.3 is 14.6 Å². The normalized spacial score (nSPS) is 20.0. The second kappa shape index (κ2) is 13.7. The summed E-state index contributed by atoms with van der Waals surface area (Å²) < 4.78 is 11.5. The van der Waals surface area contributed by atoms with Crippen molar-refractivity contribution in [1.82, 2.24) is 24.8 Å². The van der Waals surface area contributed by atoms with Gasteiger partial charge >= 0.3 is 0 Å². The largest absolute Gasteiger partial charge is 0.481 e. The first kappa shape index (κ1) is 32.9. The molecule has 0 spiro atoms. The third kappa shape index (κ3) is 6.18. The Balaban J connectivity index is 1.20. The van der Waals surface area contributed by atoms with Crippen molar-refractivity contribution in [3.8, 4) is 45.4 Å². The van der Waals surface area contributed by atoms with Gasteiger partial charge in [-0.05, 0) is 50.8 Å². The average molecular weight is 689 g/mol. The predicted molar refractivity (Wildman–Crippen MR) is 187 cm³/mol. The first-order chi connectivity index (χ1) is 23.2. The van der Waals surface area contributed by atoms with E-state index >= 15 is 0 Å². The molecule has 2 unspecified atom stereocenters. The smallest absolute Gasteiger partial charge is 0.237 e. The number of ketones is 1. The topological polar surface area (TPSA) is 101 Å². The number of aromatic nitrogens is 3. The molecule has 7 rings (SSSR count). The zero-order valence-corrected chi connectivity index (χ0v) is 28.9. The molecule has 2 saturated heterocycles. The number of fused-ring (bicyclic) bond motifs is 1. The van der Waals surface area contributed by atoms with Crippen LogP contribution in [0.3, 0.4) is 0 Å². The van der Waals surface area contributed by atoms with Crippen LogP contribution in [0.4, 0.5) is 0 Å². The Morgan fingerprint density at radius 3 is 2.21 bits per heavy atom. The summed E-state index contributed by atoms with van der Waals surface area (Å²) in [5, 5.41) is 10.7. The molecule has 1 aliphatic carbocycles. The Hall–Kier alpha value is -3.60. The highest BCUT2D eigenvalue weighted by Gasteiger charge is 2.36. The van der Waals surface area contributed by atoms with E-state index in [4.69, 9.17) is 42.6 Å². The van der Waals surface area contributed by atoms with E-state index in [1.54, 1.807) is 27.3 Å². The summed E-state index contributed by atoms with van der Waals surface area (Å²) in [6.07, 6.45) is 5.26. The first-order valence-electron chi connectivity index (χ1n) is 16.5. The summed E-state index contributed by atoms with van der Waals surface area (Å²) in [6.45, 7) is 5.22. The van der Waals surface area contributed by atoms with Crippen molar-refractivity contribution >= 4 is 29.0 Å². The summed E-state index contributed by atoms with van der Waals surface area (Å²) in [7, 11) is 3.24. The minimum Gasteiger partial charge on any atom is -0.481 e. The summed E-state index contributed by atoms with van der Waals surface area (Å²) in [5.74, 6) is 1.39. The van der Waals surface area contributed by atoms with Gasteiger partial charge in [-0.15, -0.1) is 0 Å². The molecule has 0 saturated carbocycles. The Morgan fingerprint density at radius 1 is 0.917 bits per heavy atom. The number of pyridine rings is 1. The van der Waals surface area contributed by atoms with Crippen molar-refractivity contribution in [2.75, 3.05) is 40.4 Å². The minimum atomic E-state index is -0.296. The van der Waals surface area contributed by atoms with Crippen molar-refractivity contribution in [2.24, 2.45) is 5.92 Å². The molecule has 48 heavy (non-hydrogen) atoms. The van der Waals surface area contributed by atoms with E-state index in [0.717, 1.165) is 66.7 Å². The lowest BCUT2D eigenvalue weighted by molar-refractivity contribution is -0.122. The van der Waals surface area contributed by atoms with Crippen LogP contribution in [0.1, 0.15) is 49.0 Å². The van der Waals surface area contributed by atoms with Crippen LogP contribution in [0, 0.1) is 5.92 Å². The number of aliphatic hydroxyl groups excluding tert-OH is 1. The van der Waals surface area contributed by atoms with Gasteiger partial charge in [0.1, 0.15) is 11.5 Å². The van der Waals surface area contributed by atoms with Gasteiger partial charge in [0.25, 0.3) is 0 Å². The SMILES string of the molecule is COc1nc(-c2cccc(-c3cccc(-c4cc5c(c(OC)n4)C(N4CCCC(C(C)=O)C4)CC5)c3Cl)c2Cl)cnc1CN1CC(O)C1. The lowest BCUT2D eigenvalue weighted by atomic mass is 9.92. The number of carbonyl (C=O) groups is 1. The van der Waals surface area contributed by atoms with Gasteiger partial charge in [-0.3, -0.25) is 19.6 Å². The molecule has 2 fully saturated rings. The van der Waals surface area contributed by atoms with E-state index < -0.39 is 0 Å². The third-order valence-electron chi connectivity index (χ3n) is 9.95. The molecule has 2 atom stereocenters. The molecule has 2 aliphatic heterocycles. The van der Waals surface area contributed by atoms with Gasteiger partial charge in [0.2, 0.25) is 11.8 Å². The van der Waals surface area contributed by atoms with Gasteiger partial charge in [0, 0.05) is 66.0 Å². The van der Waals surface area contributed by atoms with Crippen LogP contribution >= 0.6 is 23.2 Å². The predicted octanol–water partition coefficient (Wildman–Crippen LogP) is 6.66. The molecular formula is C37H39Cl2N5O4. The molecule has 11 heteroatoms. The highest BCUT2D eigenvalue weighted by Crippen LogP contribution is 2.46. The molecule has 250 valence electrons. The molecule has 1 N–H and O–H groups in total. The number of rotatable bonds is 9. The lowest BCUT2D eigenvalue weighted by Gasteiger charge is -2.36. The second-order valence-electron chi connectivity index (χ2n) is 13.0. The second-order valence-corrected chi connectivity index (χ2v) is 13.7. The van der Waals surface area contributed by atoms with Gasteiger partial charge in [-0.25, -0.2) is 9.97 Å². The van der Waals surface area contributed by atoms with Crippen molar-refractivity contribution in [1.29, 1.82) is 0 Å². The van der Waals surface area contributed by atoms with E-state index in [1.807, 2.05) is 36.4 Å². The number of methoxy groups -OCH3 is 2. The molecule has 0 amide bonds. The average Bonchev–Trinajstić information content (AvgIpc) is 3.52. The fourth-order valence-electron chi connectivity index (χ4n) is 7.42. The van der Waals surface area contributed by atoms with Crippen molar-refractivity contribution in [3.63, 3.8) is 0 Å². The van der Waals surface area contributed by atoms with E-state index in [2.05, 4.69) is 20.9 Å². The number of piperidine rings is 1. The molecule has 4 heterocycles. The number of benzene rings is 2. The van der Waals surface area contributed by atoms with Crippen molar-refractivity contribution in [2.45, 2.75) is 51.3 Å². The van der Waals surface area contributed by atoms with E-state index in [1.165, 1.54) is 5.56 Å². The van der Waals surface area contributed by atoms with E-state index in [-0.39, 0.29) is 23.8 Å². The quantitative estimate of drug-likeness (QED) is 0.207. The monoisotopic (exact) mass is 687 g/mol. The number of halogens is 2. The summed E-state index contributed by atoms with van der Waals surface area (Å²) in [6, 6.07) is 14.0. The number of Topliss-reactive ketones (excluding diaryl/α,β-unsaturated/α-hetero) is 1. The summed E-state index contributed by atoms with van der Waals surface area (Å²) in [4.78, 5) is 31.1. The zero-order chi connectivity index (χ0) is 33.5. The molecule has 4 aromatic rings. The highest BCUT2D eigenvalue weighted by molar-refractivity contribution is 6.39. The Morgan fingerprint density at radius 2 is 1.56 bits per heavy atom. The molecular weight excluding hydrogens is 649 g/mol. The summed E-state index contributed by atoms with van der Waals surface area (Å²) >= 11 is 14.3. The number of hydrogen-bond acceptors (Lipinski definition) is 9. The maximum absolute atomic E-state index is 12.2. The van der Waals surface area contributed by atoms with Crippen molar-refractivity contribution < 1.29 is 19.4 Å². The van der Waals surface area contributed by atoms with Crippen LogP contribution in [0.2, 0.25) is 10.0 Å². The Kier molecular flexibility index (Phi) is 9.41. The van der Waals surface area contributed by atoms with Gasteiger partial charge in [0.05, 0.1) is 48.0 Å². The Bertz CT molecular complexity index is 1860. The number of ether oxygens (including phenoxy) is 2. The first-order valence-corrected chi connectivity index (χ1v) is 17.2. The lowest BCUT2D eigenvalue weighted by Crippen LogP contribution is -2.50. The number of β-amino-alcohol motifs (C(OH)–C–C–N with tert-alkyl or cyclic N) is 1. The number of aryl methyl sites for hydroxylation is 1. The molecule has 2 aromatic carbocycles. The number of carbonyl (C=O) groups excluding carboxylic acids is 1. The van der Waals surface area contributed by atoms with Crippen LogP contribution in [-0.2, 0) is 17.8 Å². The fraction of sp³-hybridized carbons (Fsp3) is 0.405. The maximum Gasteiger partial charge on any atom is 0.237 e. The molecule has 2 aromatic heterocycles. The van der Waals surface area contributed by atoms with Crippen LogP contribution in [0.15, 0.2) is 48.7 Å². The number of likely N-dealkylation sites (tertiary alicyclic amines) is 2. The third-order valence-corrected chi connectivity index (χ3v) is 10.8. The maximum atomic E-state index is 12.2. The molecule has 0 radical (unpaired) electrons. The molecule has 9 nitrogen and oxygen atoms in total. The molecule has 3 aliphatic rings. The van der Waals surface area contributed by atoms with E-state index in [0.29, 0.717) is 58.4 Å². The highest BCUT2D eigenvalue weighted by atomic mass is 35.5. The Labute approximate surface area is 290 Å². The standard InChI is InChI=1S/C37H39Cl2N5O4/c1-21(45)23-7-6-14-44(17-23)32-13-12-22-15-29(41-37(48-3)33(22)32)27-10-4-8-25(34(27)38)26-9-5-11-28(35(26)39)30-16-40-31(36(42-30)47-2)20-43-18-24(46)19-43/h4-5,8-11,15-16,23-24,32,46H,6-7,12-14,17-20H2,1-3H3. The van der Waals surface area contributed by atoms with Crippen LogP contribution in [-0.4, -0.2) is 82.1 Å². The van der Waals surface area contributed by atoms with E-state index in [9.17, 15) is 9.90 Å².